The van der Waals surface area contributed by atoms with Crippen molar-refractivity contribution in [2.45, 2.75) is 39.3 Å². The smallest absolute Gasteiger partial charge is 0.408 e. The molecule has 0 bridgehead atoms. The maximum atomic E-state index is 13.6. The van der Waals surface area contributed by atoms with Crippen molar-refractivity contribution in [1.82, 2.24) is 4.90 Å². The van der Waals surface area contributed by atoms with Gasteiger partial charge in [0.15, 0.2) is 0 Å². The molecule has 24 heavy (non-hydrogen) atoms. The van der Waals surface area contributed by atoms with Crippen LogP contribution in [0.5, 0.6) is 0 Å². The Kier molecular flexibility index (Phi) is 7.16. The normalized spacial score (nSPS) is 12.5. The van der Waals surface area contributed by atoms with Crippen molar-refractivity contribution in [2.24, 2.45) is 0 Å². The van der Waals surface area contributed by atoms with Crippen molar-refractivity contribution in [1.29, 1.82) is 0 Å². The molecule has 1 atom stereocenters. The van der Waals surface area contributed by atoms with Gasteiger partial charge in [-0.1, -0.05) is 12.1 Å². The van der Waals surface area contributed by atoms with Crippen LogP contribution in [-0.4, -0.2) is 47.4 Å². The maximum absolute atomic E-state index is 13.6. The molecule has 1 aromatic rings. The summed E-state index contributed by atoms with van der Waals surface area (Å²) in [6, 6.07) is 4.92. The first-order valence-corrected chi connectivity index (χ1v) is 7.68. The molecule has 134 valence electrons. The molecule has 0 aromatic heterocycles. The van der Waals surface area contributed by atoms with Crippen LogP contribution >= 0.6 is 0 Å². The summed E-state index contributed by atoms with van der Waals surface area (Å²) in [4.78, 5) is 24.3. The summed E-state index contributed by atoms with van der Waals surface area (Å²) in [5.74, 6) is -1.00. The molecule has 0 heterocycles. The van der Waals surface area contributed by atoms with Crippen LogP contribution < -0.4 is 0 Å². The highest BCUT2D eigenvalue weighted by Crippen LogP contribution is 2.29. The SMILES string of the molecule is CCOC(=O)COC[C@H](c1cccc(F)c1)N(C(=O)O)C(C)(C)C. The first kappa shape index (κ1) is 19.9. The fourth-order valence-corrected chi connectivity index (χ4v) is 2.38. The first-order chi connectivity index (χ1) is 11.2. The van der Waals surface area contributed by atoms with Gasteiger partial charge >= 0.3 is 12.1 Å². The lowest BCUT2D eigenvalue weighted by atomic mass is 9.99. The zero-order chi connectivity index (χ0) is 18.3. The van der Waals surface area contributed by atoms with E-state index in [4.69, 9.17) is 9.47 Å². The van der Waals surface area contributed by atoms with E-state index in [1.807, 2.05) is 0 Å². The summed E-state index contributed by atoms with van der Waals surface area (Å²) < 4.78 is 23.7. The van der Waals surface area contributed by atoms with Crippen molar-refractivity contribution < 1.29 is 28.6 Å². The molecule has 0 saturated heterocycles. The van der Waals surface area contributed by atoms with Gasteiger partial charge in [0.1, 0.15) is 12.4 Å². The number of carbonyl (C=O) groups excluding carboxylic acids is 1. The number of benzene rings is 1. The van der Waals surface area contributed by atoms with Gasteiger partial charge in [0, 0.05) is 5.54 Å². The Hall–Kier alpha value is -2.15. The van der Waals surface area contributed by atoms with Gasteiger partial charge in [0.2, 0.25) is 0 Å². The molecule has 0 aliphatic heterocycles. The van der Waals surface area contributed by atoms with E-state index in [9.17, 15) is 19.1 Å². The lowest BCUT2D eigenvalue weighted by molar-refractivity contribution is -0.149. The standard InChI is InChI=1S/C17H24FNO5/c1-5-24-15(20)11-23-10-14(12-7-6-8-13(18)9-12)19(16(21)22)17(2,3)4/h6-9,14H,5,10-11H2,1-4H3,(H,21,22)/t14-/m1/s1. The summed E-state index contributed by atoms with van der Waals surface area (Å²) in [5.41, 5.74) is -0.285. The van der Waals surface area contributed by atoms with Crippen LogP contribution in [0.4, 0.5) is 9.18 Å². The monoisotopic (exact) mass is 341 g/mol. The molecule has 1 N–H and O–H groups in total. The second-order valence-corrected chi connectivity index (χ2v) is 6.21. The molecule has 6 nitrogen and oxygen atoms in total. The Labute approximate surface area is 141 Å². The Morgan fingerprint density at radius 1 is 1.33 bits per heavy atom. The number of halogens is 1. The van der Waals surface area contributed by atoms with Crippen molar-refractivity contribution in [3.8, 4) is 0 Å². The molecule has 1 amide bonds. The van der Waals surface area contributed by atoms with Crippen molar-refractivity contribution in [3.63, 3.8) is 0 Å². The quantitative estimate of drug-likeness (QED) is 0.771. The van der Waals surface area contributed by atoms with Gasteiger partial charge in [0.05, 0.1) is 19.3 Å². The lowest BCUT2D eigenvalue weighted by Crippen LogP contribution is -2.48. The van der Waals surface area contributed by atoms with E-state index >= 15 is 0 Å². The summed E-state index contributed by atoms with van der Waals surface area (Å²) in [7, 11) is 0. The number of carboxylic acid groups (broad SMARTS) is 1. The van der Waals surface area contributed by atoms with E-state index in [1.165, 1.54) is 23.1 Å². The topological polar surface area (TPSA) is 76.1 Å². The van der Waals surface area contributed by atoms with Gasteiger partial charge in [-0.25, -0.2) is 14.0 Å². The van der Waals surface area contributed by atoms with Gasteiger partial charge in [0.25, 0.3) is 0 Å². The highest BCUT2D eigenvalue weighted by Gasteiger charge is 2.34. The van der Waals surface area contributed by atoms with E-state index in [0.29, 0.717) is 5.56 Å². The molecule has 1 rings (SSSR count). The third-order valence-corrected chi connectivity index (χ3v) is 3.27. The average molecular weight is 341 g/mol. The van der Waals surface area contributed by atoms with Crippen LogP contribution in [0.15, 0.2) is 24.3 Å². The third-order valence-electron chi connectivity index (χ3n) is 3.27. The number of hydrogen-bond acceptors (Lipinski definition) is 4. The predicted octanol–water partition coefficient (Wildman–Crippen LogP) is 3.23. The van der Waals surface area contributed by atoms with Gasteiger partial charge in [-0.05, 0) is 45.4 Å². The minimum atomic E-state index is -1.16. The Morgan fingerprint density at radius 3 is 2.50 bits per heavy atom. The van der Waals surface area contributed by atoms with E-state index in [1.54, 1.807) is 33.8 Å². The second-order valence-electron chi connectivity index (χ2n) is 6.21. The number of esters is 1. The van der Waals surface area contributed by atoms with Crippen LogP contribution in [-0.2, 0) is 14.3 Å². The molecular weight excluding hydrogens is 317 g/mol. The van der Waals surface area contributed by atoms with Crippen LogP contribution in [0, 0.1) is 5.82 Å². The summed E-state index contributed by atoms with van der Waals surface area (Å²) >= 11 is 0. The predicted molar refractivity (Wildman–Crippen MR) is 86.2 cm³/mol. The minimum Gasteiger partial charge on any atom is -0.465 e. The van der Waals surface area contributed by atoms with E-state index < -0.39 is 29.5 Å². The lowest BCUT2D eigenvalue weighted by Gasteiger charge is -2.39. The zero-order valence-electron chi connectivity index (χ0n) is 14.4. The van der Waals surface area contributed by atoms with Crippen molar-refractivity contribution >= 4 is 12.1 Å². The molecule has 0 aliphatic carbocycles. The van der Waals surface area contributed by atoms with Gasteiger partial charge < -0.3 is 14.6 Å². The second kappa shape index (κ2) is 8.63. The third kappa shape index (κ3) is 5.81. The van der Waals surface area contributed by atoms with Crippen LogP contribution in [0.2, 0.25) is 0 Å². The maximum Gasteiger partial charge on any atom is 0.408 e. The largest absolute Gasteiger partial charge is 0.465 e. The number of carbonyl (C=O) groups is 2. The molecule has 7 heteroatoms. The van der Waals surface area contributed by atoms with Crippen LogP contribution in [0.3, 0.4) is 0 Å². The van der Waals surface area contributed by atoms with Gasteiger partial charge in [-0.3, -0.25) is 4.90 Å². The molecule has 0 spiro atoms. The molecular formula is C17H24FNO5. The van der Waals surface area contributed by atoms with E-state index in [-0.39, 0.29) is 19.8 Å². The van der Waals surface area contributed by atoms with E-state index in [2.05, 4.69) is 0 Å². The highest BCUT2D eigenvalue weighted by molar-refractivity contribution is 5.70. The van der Waals surface area contributed by atoms with E-state index in [0.717, 1.165) is 0 Å². The van der Waals surface area contributed by atoms with Crippen LogP contribution in [0.25, 0.3) is 0 Å². The number of nitrogens with zero attached hydrogens (tertiary/aromatic N) is 1. The molecule has 1 aromatic carbocycles. The fourth-order valence-electron chi connectivity index (χ4n) is 2.38. The van der Waals surface area contributed by atoms with Crippen LogP contribution in [0.1, 0.15) is 39.3 Å². The molecule has 0 fully saturated rings. The summed E-state index contributed by atoms with van der Waals surface area (Å²) in [6.07, 6.45) is -1.16. The Balaban J connectivity index is 3.03. The molecule has 0 aliphatic rings. The first-order valence-electron chi connectivity index (χ1n) is 7.68. The summed E-state index contributed by atoms with van der Waals surface area (Å²) in [5, 5.41) is 9.59. The van der Waals surface area contributed by atoms with Gasteiger partial charge in [-0.15, -0.1) is 0 Å². The number of rotatable bonds is 7. The van der Waals surface area contributed by atoms with Gasteiger partial charge in [-0.2, -0.15) is 0 Å². The highest BCUT2D eigenvalue weighted by atomic mass is 19.1. The van der Waals surface area contributed by atoms with Crippen molar-refractivity contribution in [3.05, 3.63) is 35.6 Å². The molecule has 0 saturated carbocycles. The minimum absolute atomic E-state index is 0.0914. The molecule has 0 unspecified atom stereocenters. The molecule has 0 radical (unpaired) electrons. The fraction of sp³-hybridized carbons (Fsp3) is 0.529. The number of ether oxygens (including phenoxy) is 2. The summed E-state index contributed by atoms with van der Waals surface area (Å²) in [6.45, 7) is 6.73. The Morgan fingerprint density at radius 2 is 2.00 bits per heavy atom. The number of hydrogen-bond donors (Lipinski definition) is 1. The Bertz CT molecular complexity index is 570. The average Bonchev–Trinajstić information content (AvgIpc) is 2.44. The zero-order valence-corrected chi connectivity index (χ0v) is 14.4. The van der Waals surface area contributed by atoms with Crippen molar-refractivity contribution in [2.75, 3.05) is 19.8 Å². The number of amides is 1.